The molecule has 0 atom stereocenters. The van der Waals surface area contributed by atoms with Crippen LogP contribution in [0.25, 0.3) is 10.8 Å². The van der Waals surface area contributed by atoms with Crippen LogP contribution in [-0.2, 0) is 6.54 Å². The molecule has 2 nitrogen and oxygen atoms in total. The molecule has 3 rings (SSSR count). The highest BCUT2D eigenvalue weighted by Gasteiger charge is 2.19. The molecule has 1 N–H and O–H groups in total. The van der Waals surface area contributed by atoms with E-state index in [1.165, 1.54) is 35.6 Å². The number of ether oxygens (including phenoxy) is 1. The van der Waals surface area contributed by atoms with Crippen LogP contribution in [0.2, 0.25) is 0 Å². The predicted molar refractivity (Wildman–Crippen MR) is 79.5 cm³/mol. The second-order valence-corrected chi connectivity index (χ2v) is 5.38. The van der Waals surface area contributed by atoms with Gasteiger partial charge in [-0.1, -0.05) is 43.2 Å². The maximum atomic E-state index is 5.43. The van der Waals surface area contributed by atoms with E-state index < -0.39 is 0 Å². The number of rotatable bonds is 6. The average molecular weight is 255 g/mol. The lowest BCUT2D eigenvalue weighted by Crippen LogP contribution is -2.15. The number of benzene rings is 2. The Morgan fingerprint density at radius 2 is 1.89 bits per heavy atom. The summed E-state index contributed by atoms with van der Waals surface area (Å²) in [5.41, 5.74) is 1.35. The van der Waals surface area contributed by atoms with Gasteiger partial charge in [0.1, 0.15) is 5.75 Å². The zero-order valence-corrected chi connectivity index (χ0v) is 11.5. The highest BCUT2D eigenvalue weighted by molar-refractivity contribution is 5.91. The van der Waals surface area contributed by atoms with Crippen molar-refractivity contribution >= 4 is 10.8 Å². The van der Waals surface area contributed by atoms with Crippen molar-refractivity contribution in [2.75, 3.05) is 13.7 Å². The summed E-state index contributed by atoms with van der Waals surface area (Å²) in [6, 6.07) is 12.7. The molecule has 0 bridgehead atoms. The van der Waals surface area contributed by atoms with Crippen LogP contribution in [0.5, 0.6) is 5.75 Å². The van der Waals surface area contributed by atoms with Crippen LogP contribution in [0.3, 0.4) is 0 Å². The molecule has 1 aliphatic carbocycles. The molecule has 0 heterocycles. The van der Waals surface area contributed by atoms with Crippen LogP contribution in [-0.4, -0.2) is 13.7 Å². The van der Waals surface area contributed by atoms with E-state index in [0.29, 0.717) is 0 Å². The predicted octanol–water partition coefficient (Wildman–Crippen LogP) is 3.74. The van der Waals surface area contributed by atoms with E-state index in [4.69, 9.17) is 4.74 Å². The highest BCUT2D eigenvalue weighted by Crippen LogP contribution is 2.32. The molecule has 1 aliphatic rings. The van der Waals surface area contributed by atoms with Crippen LogP contribution in [0.4, 0.5) is 0 Å². The summed E-state index contributed by atoms with van der Waals surface area (Å²) in [6.45, 7) is 2.07. The summed E-state index contributed by atoms with van der Waals surface area (Å²) >= 11 is 0. The molecule has 0 aromatic heterocycles. The Kier molecular flexibility index (Phi) is 3.69. The van der Waals surface area contributed by atoms with Gasteiger partial charge in [-0.3, -0.25) is 0 Å². The molecule has 19 heavy (non-hydrogen) atoms. The van der Waals surface area contributed by atoms with E-state index in [2.05, 4.69) is 41.7 Å². The van der Waals surface area contributed by atoms with Gasteiger partial charge in [-0.25, -0.2) is 0 Å². The summed E-state index contributed by atoms with van der Waals surface area (Å²) in [5, 5.41) is 6.05. The summed E-state index contributed by atoms with van der Waals surface area (Å²) in [7, 11) is 1.73. The van der Waals surface area contributed by atoms with Crippen molar-refractivity contribution in [2.24, 2.45) is 5.92 Å². The topological polar surface area (TPSA) is 21.3 Å². The minimum Gasteiger partial charge on any atom is -0.496 e. The lowest BCUT2D eigenvalue weighted by atomic mass is 10.0. The zero-order valence-electron chi connectivity index (χ0n) is 11.5. The quantitative estimate of drug-likeness (QED) is 0.794. The maximum absolute atomic E-state index is 5.43. The molecule has 1 fully saturated rings. The van der Waals surface area contributed by atoms with Crippen molar-refractivity contribution in [3.05, 3.63) is 42.0 Å². The van der Waals surface area contributed by atoms with Crippen LogP contribution >= 0.6 is 0 Å². The number of fused-ring (bicyclic) bond motifs is 1. The van der Waals surface area contributed by atoms with E-state index in [0.717, 1.165) is 24.8 Å². The van der Waals surface area contributed by atoms with E-state index in [1.54, 1.807) is 7.11 Å². The number of nitrogens with one attached hydrogen (secondary N) is 1. The molecule has 2 heteroatoms. The molecular formula is C17H21NO. The third kappa shape index (κ3) is 2.90. The Bertz CT molecular complexity index is 560. The van der Waals surface area contributed by atoms with E-state index in [1.807, 2.05) is 0 Å². The third-order valence-electron chi connectivity index (χ3n) is 3.94. The first-order valence-electron chi connectivity index (χ1n) is 7.14. The van der Waals surface area contributed by atoms with Crippen molar-refractivity contribution < 1.29 is 4.74 Å². The molecule has 0 amide bonds. The first-order chi connectivity index (χ1) is 9.38. The van der Waals surface area contributed by atoms with Gasteiger partial charge >= 0.3 is 0 Å². The zero-order chi connectivity index (χ0) is 13.1. The fourth-order valence-corrected chi connectivity index (χ4v) is 2.60. The smallest absolute Gasteiger partial charge is 0.126 e. The molecular weight excluding hydrogens is 234 g/mol. The first-order valence-corrected chi connectivity index (χ1v) is 7.14. The van der Waals surface area contributed by atoms with Gasteiger partial charge in [-0.15, -0.1) is 0 Å². The van der Waals surface area contributed by atoms with Crippen molar-refractivity contribution in [3.8, 4) is 5.75 Å². The maximum Gasteiger partial charge on any atom is 0.126 e. The second kappa shape index (κ2) is 5.62. The summed E-state index contributed by atoms with van der Waals surface area (Å²) in [4.78, 5) is 0. The molecule has 1 saturated carbocycles. The Hall–Kier alpha value is -1.54. The Morgan fingerprint density at radius 1 is 1.11 bits per heavy atom. The average Bonchev–Trinajstić information content (AvgIpc) is 3.27. The standard InChI is InChI=1S/C17H21NO/c1-19-17-9-8-14(12-18-11-10-13-6-7-13)15-4-2-3-5-16(15)17/h2-5,8-9,13,18H,6-7,10-12H2,1H3. The minimum absolute atomic E-state index is 0.942. The number of methoxy groups -OCH3 is 1. The minimum atomic E-state index is 0.942. The molecule has 100 valence electrons. The fourth-order valence-electron chi connectivity index (χ4n) is 2.60. The van der Waals surface area contributed by atoms with Gasteiger partial charge in [-0.05, 0) is 35.9 Å². The second-order valence-electron chi connectivity index (χ2n) is 5.38. The lowest BCUT2D eigenvalue weighted by molar-refractivity contribution is 0.419. The molecule has 2 aromatic carbocycles. The van der Waals surface area contributed by atoms with Crippen LogP contribution < -0.4 is 10.1 Å². The Balaban J connectivity index is 1.74. The van der Waals surface area contributed by atoms with Crippen molar-refractivity contribution in [1.82, 2.24) is 5.32 Å². The van der Waals surface area contributed by atoms with Gasteiger partial charge in [-0.2, -0.15) is 0 Å². The van der Waals surface area contributed by atoms with Gasteiger partial charge in [0, 0.05) is 11.9 Å². The van der Waals surface area contributed by atoms with Crippen LogP contribution in [0.15, 0.2) is 36.4 Å². The molecule has 0 aliphatic heterocycles. The largest absolute Gasteiger partial charge is 0.496 e. The van der Waals surface area contributed by atoms with E-state index in [-0.39, 0.29) is 0 Å². The van der Waals surface area contributed by atoms with Gasteiger partial charge in [0.25, 0.3) is 0 Å². The van der Waals surface area contributed by atoms with Crippen molar-refractivity contribution in [3.63, 3.8) is 0 Å². The normalized spacial score (nSPS) is 14.8. The third-order valence-corrected chi connectivity index (χ3v) is 3.94. The van der Waals surface area contributed by atoms with Crippen molar-refractivity contribution in [1.29, 1.82) is 0 Å². The monoisotopic (exact) mass is 255 g/mol. The summed E-state index contributed by atoms with van der Waals surface area (Å²) < 4.78 is 5.43. The fraction of sp³-hybridized carbons (Fsp3) is 0.412. The van der Waals surface area contributed by atoms with Gasteiger partial charge < -0.3 is 10.1 Å². The summed E-state index contributed by atoms with van der Waals surface area (Å²) in [6.07, 6.45) is 4.20. The van der Waals surface area contributed by atoms with Crippen molar-refractivity contribution in [2.45, 2.75) is 25.8 Å². The highest BCUT2D eigenvalue weighted by atomic mass is 16.5. The van der Waals surface area contributed by atoms with Gasteiger partial charge in [0.15, 0.2) is 0 Å². The molecule has 0 saturated heterocycles. The number of hydrogen-bond donors (Lipinski definition) is 1. The summed E-state index contributed by atoms with van der Waals surface area (Å²) in [5.74, 6) is 1.96. The van der Waals surface area contributed by atoms with E-state index in [9.17, 15) is 0 Å². The Morgan fingerprint density at radius 3 is 2.63 bits per heavy atom. The Labute approximate surface area is 114 Å². The lowest BCUT2D eigenvalue weighted by Gasteiger charge is -2.11. The molecule has 0 spiro atoms. The molecule has 2 aromatic rings. The molecule has 0 unspecified atom stereocenters. The van der Waals surface area contributed by atoms with Gasteiger partial charge in [0.05, 0.1) is 7.11 Å². The van der Waals surface area contributed by atoms with E-state index >= 15 is 0 Å². The first kappa shape index (κ1) is 12.5. The molecule has 0 radical (unpaired) electrons. The van der Waals surface area contributed by atoms with Gasteiger partial charge in [0.2, 0.25) is 0 Å². The van der Waals surface area contributed by atoms with Crippen LogP contribution in [0.1, 0.15) is 24.8 Å². The SMILES string of the molecule is COc1ccc(CNCCC2CC2)c2ccccc12. The number of hydrogen-bond acceptors (Lipinski definition) is 2. The van der Waals surface area contributed by atoms with Crippen LogP contribution in [0, 0.1) is 5.92 Å².